The van der Waals surface area contributed by atoms with E-state index in [4.69, 9.17) is 0 Å². The molecule has 0 fully saturated rings. The van der Waals surface area contributed by atoms with Gasteiger partial charge in [-0.3, -0.25) is 4.79 Å². The lowest BCUT2D eigenvalue weighted by Gasteiger charge is -2.05. The summed E-state index contributed by atoms with van der Waals surface area (Å²) in [5.74, 6) is -0.0430. The van der Waals surface area contributed by atoms with Gasteiger partial charge in [-0.2, -0.15) is 0 Å². The molecule has 0 bridgehead atoms. The van der Waals surface area contributed by atoms with Crippen LogP contribution in [0.1, 0.15) is 31.5 Å². The van der Waals surface area contributed by atoms with Crippen molar-refractivity contribution in [1.29, 1.82) is 0 Å². The number of nitrogens with one attached hydrogen (secondary N) is 1. The zero-order valence-corrected chi connectivity index (χ0v) is 11.6. The number of carbonyl (C=O) groups is 1. The van der Waals surface area contributed by atoms with Gasteiger partial charge in [0.05, 0.1) is 12.2 Å². The molecule has 0 unspecified atom stereocenters. The summed E-state index contributed by atoms with van der Waals surface area (Å²) in [6.45, 7) is 6.46. The van der Waals surface area contributed by atoms with E-state index in [9.17, 15) is 4.79 Å². The molecule has 18 heavy (non-hydrogen) atoms. The molecule has 0 saturated carbocycles. The van der Waals surface area contributed by atoms with E-state index < -0.39 is 0 Å². The molecular weight excluding hydrogens is 244 g/mol. The maximum atomic E-state index is 12.0. The van der Waals surface area contributed by atoms with E-state index >= 15 is 0 Å². The van der Waals surface area contributed by atoms with Gasteiger partial charge >= 0.3 is 0 Å². The second-order valence-electron chi connectivity index (χ2n) is 4.25. The van der Waals surface area contributed by atoms with Gasteiger partial charge in [-0.25, -0.2) is 4.98 Å². The summed E-state index contributed by atoms with van der Waals surface area (Å²) in [6.07, 6.45) is 0. The van der Waals surface area contributed by atoms with Crippen LogP contribution >= 0.6 is 11.3 Å². The highest BCUT2D eigenvalue weighted by molar-refractivity contribution is 7.11. The van der Waals surface area contributed by atoms with E-state index in [1.54, 1.807) is 11.3 Å². The zero-order valence-electron chi connectivity index (χ0n) is 10.8. The first-order valence-electron chi connectivity index (χ1n) is 5.84. The lowest BCUT2D eigenvalue weighted by atomic mass is 10.1. The van der Waals surface area contributed by atoms with Crippen molar-refractivity contribution in [1.82, 2.24) is 10.3 Å². The molecule has 4 heteroatoms. The summed E-state index contributed by atoms with van der Waals surface area (Å²) in [5.41, 5.74) is 2.75. The first kappa shape index (κ1) is 12.8. The van der Waals surface area contributed by atoms with Crippen molar-refractivity contribution in [3.63, 3.8) is 0 Å². The number of nitrogens with zero attached hydrogens (tertiary/aromatic N) is 1. The quantitative estimate of drug-likeness (QED) is 0.921. The van der Waals surface area contributed by atoms with E-state index in [0.717, 1.165) is 21.8 Å². The Kier molecular flexibility index (Phi) is 3.77. The molecule has 1 aromatic carbocycles. The Morgan fingerprint density at radius 2 is 2.00 bits per heavy atom. The zero-order chi connectivity index (χ0) is 13.1. The van der Waals surface area contributed by atoms with Crippen molar-refractivity contribution in [2.45, 2.75) is 27.3 Å². The van der Waals surface area contributed by atoms with Crippen LogP contribution in [-0.4, -0.2) is 10.9 Å². The van der Waals surface area contributed by atoms with Crippen molar-refractivity contribution >= 4 is 17.2 Å². The molecule has 0 aliphatic heterocycles. The van der Waals surface area contributed by atoms with E-state index in [-0.39, 0.29) is 5.91 Å². The molecule has 1 amide bonds. The van der Waals surface area contributed by atoms with Crippen LogP contribution in [0.2, 0.25) is 0 Å². The fraction of sp³-hybridized carbons (Fsp3) is 0.286. The van der Waals surface area contributed by atoms with E-state index in [1.807, 2.05) is 45.0 Å². The minimum atomic E-state index is -0.0430. The van der Waals surface area contributed by atoms with Crippen LogP contribution in [0.15, 0.2) is 24.3 Å². The van der Waals surface area contributed by atoms with E-state index in [1.165, 1.54) is 4.88 Å². The fourth-order valence-electron chi connectivity index (χ4n) is 1.69. The second kappa shape index (κ2) is 5.31. The van der Waals surface area contributed by atoms with E-state index in [0.29, 0.717) is 6.54 Å². The van der Waals surface area contributed by atoms with Crippen LogP contribution in [0, 0.1) is 20.8 Å². The smallest absolute Gasteiger partial charge is 0.251 e. The molecule has 0 atom stereocenters. The molecular formula is C14H16N2OS. The average Bonchev–Trinajstić information content (AvgIpc) is 2.66. The Hall–Kier alpha value is -1.68. The molecule has 0 aliphatic rings. The average molecular weight is 260 g/mol. The monoisotopic (exact) mass is 260 g/mol. The molecule has 1 heterocycles. The second-order valence-corrected chi connectivity index (χ2v) is 5.53. The van der Waals surface area contributed by atoms with Crippen molar-refractivity contribution < 1.29 is 4.79 Å². The van der Waals surface area contributed by atoms with Gasteiger partial charge in [-0.1, -0.05) is 18.2 Å². The molecule has 2 rings (SSSR count). The first-order valence-corrected chi connectivity index (χ1v) is 6.66. The highest BCUT2D eigenvalue weighted by Crippen LogP contribution is 2.16. The maximum absolute atomic E-state index is 12.0. The Labute approximate surface area is 111 Å². The molecule has 3 nitrogen and oxygen atoms in total. The van der Waals surface area contributed by atoms with Gasteiger partial charge in [-0.15, -0.1) is 11.3 Å². The number of thiazole rings is 1. The summed E-state index contributed by atoms with van der Waals surface area (Å²) in [5, 5.41) is 3.86. The van der Waals surface area contributed by atoms with Crippen LogP contribution in [0.4, 0.5) is 0 Å². The molecule has 94 valence electrons. The number of amides is 1. The number of rotatable bonds is 3. The van der Waals surface area contributed by atoms with Crippen molar-refractivity contribution in [2.75, 3.05) is 0 Å². The fourth-order valence-corrected chi connectivity index (χ4v) is 2.57. The first-order chi connectivity index (χ1) is 8.58. The number of aryl methyl sites for hydroxylation is 3. The molecule has 0 spiro atoms. The van der Waals surface area contributed by atoms with Crippen molar-refractivity contribution in [3.8, 4) is 0 Å². The van der Waals surface area contributed by atoms with Gasteiger partial charge in [0.1, 0.15) is 5.01 Å². The summed E-state index contributed by atoms with van der Waals surface area (Å²) in [4.78, 5) is 17.6. The largest absolute Gasteiger partial charge is 0.346 e. The number of hydrogen-bond acceptors (Lipinski definition) is 3. The van der Waals surface area contributed by atoms with Gasteiger partial charge in [-0.05, 0) is 32.4 Å². The number of hydrogen-bond donors (Lipinski definition) is 1. The molecule has 0 saturated heterocycles. The summed E-state index contributed by atoms with van der Waals surface area (Å²) >= 11 is 1.63. The Morgan fingerprint density at radius 1 is 1.28 bits per heavy atom. The summed E-state index contributed by atoms with van der Waals surface area (Å²) < 4.78 is 0. The number of carbonyl (C=O) groups excluding carboxylic acids is 1. The van der Waals surface area contributed by atoms with Crippen LogP contribution in [-0.2, 0) is 6.54 Å². The molecule has 1 aromatic heterocycles. The predicted molar refractivity (Wildman–Crippen MR) is 73.9 cm³/mol. The van der Waals surface area contributed by atoms with Gasteiger partial charge < -0.3 is 5.32 Å². The minimum Gasteiger partial charge on any atom is -0.346 e. The molecule has 2 aromatic rings. The Bertz CT molecular complexity index is 555. The summed E-state index contributed by atoms with van der Waals surface area (Å²) in [7, 11) is 0. The van der Waals surface area contributed by atoms with Gasteiger partial charge in [0.25, 0.3) is 5.91 Å². The minimum absolute atomic E-state index is 0.0430. The predicted octanol–water partition coefficient (Wildman–Crippen LogP) is 3.00. The highest BCUT2D eigenvalue weighted by atomic mass is 32.1. The SMILES string of the molecule is Cc1ccccc1C(=O)NCc1nc(C)c(C)s1. The summed E-state index contributed by atoms with van der Waals surface area (Å²) in [6, 6.07) is 7.58. The standard InChI is InChI=1S/C14H16N2OS/c1-9-6-4-5-7-12(9)14(17)15-8-13-16-10(2)11(3)18-13/h4-7H,8H2,1-3H3,(H,15,17). The van der Waals surface area contributed by atoms with Gasteiger partial charge in [0.2, 0.25) is 0 Å². The molecule has 0 radical (unpaired) electrons. The van der Waals surface area contributed by atoms with Crippen molar-refractivity contribution in [3.05, 3.63) is 51.0 Å². The number of aromatic nitrogens is 1. The molecule has 0 aliphatic carbocycles. The third-order valence-electron chi connectivity index (χ3n) is 2.86. The molecule has 1 N–H and O–H groups in total. The van der Waals surface area contributed by atoms with Crippen LogP contribution in [0.25, 0.3) is 0 Å². The third kappa shape index (κ3) is 2.76. The van der Waals surface area contributed by atoms with Crippen LogP contribution in [0.5, 0.6) is 0 Å². The lowest BCUT2D eigenvalue weighted by molar-refractivity contribution is 0.0950. The van der Waals surface area contributed by atoms with E-state index in [2.05, 4.69) is 10.3 Å². The Morgan fingerprint density at radius 3 is 2.61 bits per heavy atom. The normalized spacial score (nSPS) is 10.4. The number of benzene rings is 1. The van der Waals surface area contributed by atoms with Gasteiger partial charge in [0.15, 0.2) is 0 Å². The third-order valence-corrected chi connectivity index (χ3v) is 3.94. The highest BCUT2D eigenvalue weighted by Gasteiger charge is 2.09. The topological polar surface area (TPSA) is 42.0 Å². The van der Waals surface area contributed by atoms with Crippen LogP contribution in [0.3, 0.4) is 0 Å². The Balaban J connectivity index is 2.03. The van der Waals surface area contributed by atoms with Crippen molar-refractivity contribution in [2.24, 2.45) is 0 Å². The van der Waals surface area contributed by atoms with Crippen LogP contribution < -0.4 is 5.32 Å². The van der Waals surface area contributed by atoms with Gasteiger partial charge in [0, 0.05) is 10.4 Å². The lowest BCUT2D eigenvalue weighted by Crippen LogP contribution is -2.23. The maximum Gasteiger partial charge on any atom is 0.251 e.